The molecule has 12 nitrogen and oxygen atoms in total. The van der Waals surface area contributed by atoms with Gasteiger partial charge in [-0.3, -0.25) is 10.1 Å². The van der Waals surface area contributed by atoms with Crippen molar-refractivity contribution < 1.29 is 18.8 Å². The molecule has 2 aromatic heterocycles. The van der Waals surface area contributed by atoms with E-state index in [1.165, 1.54) is 20.2 Å². The molecule has 0 saturated carbocycles. The molecule has 0 unspecified atom stereocenters. The fourth-order valence-electron chi connectivity index (χ4n) is 2.74. The van der Waals surface area contributed by atoms with Crippen LogP contribution in [0.4, 0.5) is 22.0 Å². The lowest BCUT2D eigenvalue weighted by atomic mass is 9.49. The lowest BCUT2D eigenvalue weighted by molar-refractivity contribution is 0.0947. The molecule has 6 radical (unpaired) electrons. The van der Waals surface area contributed by atoms with E-state index < -0.39 is 17.2 Å². The van der Waals surface area contributed by atoms with E-state index in [0.717, 1.165) is 0 Å². The minimum atomic E-state index is -2.00. The van der Waals surface area contributed by atoms with Gasteiger partial charge in [-0.1, -0.05) is 30.3 Å². The number of amides is 3. The maximum Gasteiger partial charge on any atom is 0.320 e. The molecule has 3 aromatic rings. The molecule has 2 heterocycles. The summed E-state index contributed by atoms with van der Waals surface area (Å²) >= 11 is 0. The quantitative estimate of drug-likeness (QED) is 0.372. The maximum atomic E-state index is 12.6. The molecule has 176 valence electrons. The van der Waals surface area contributed by atoms with E-state index in [1.807, 2.05) is 13.8 Å². The van der Waals surface area contributed by atoms with Crippen molar-refractivity contribution in [1.82, 2.24) is 31.0 Å². The number of carbonyl (C=O) groups is 2. The molecule has 1 aromatic carbocycles. The number of anilines is 3. The summed E-state index contributed by atoms with van der Waals surface area (Å²) in [5.41, 5.74) is 0.884. The molecule has 4 N–H and O–H groups in total. The largest absolute Gasteiger partial charge is 0.494 e. The number of nitrogens with one attached hydrogen (secondary N) is 4. The molecular weight excluding hydrogens is 449 g/mol. The fourth-order valence-corrected chi connectivity index (χ4v) is 2.74. The van der Waals surface area contributed by atoms with Crippen LogP contribution in [0.2, 0.25) is 0 Å². The Kier molecular flexibility index (Phi) is 9.26. The average molecular weight is 472 g/mol. The average Bonchev–Trinajstić information content (AvgIpc) is 3.25. The van der Waals surface area contributed by atoms with Gasteiger partial charge in [0.05, 0.1) is 47.6 Å². The predicted octanol–water partition coefficient (Wildman–Crippen LogP) is 1.21. The Hall–Kier alpha value is -4.03. The third-order valence-corrected chi connectivity index (χ3v) is 4.06. The Morgan fingerprint density at radius 3 is 2.40 bits per heavy atom. The molecule has 0 aliphatic carbocycles. The number of aryl methyl sites for hydroxylation is 1. The second-order valence-corrected chi connectivity index (χ2v) is 6.73. The summed E-state index contributed by atoms with van der Waals surface area (Å²) in [5, 5.41) is 19.7. The Morgan fingerprint density at radius 1 is 1.11 bits per heavy atom. The number of urea groups is 1. The number of hydrogen-bond donors (Lipinski definition) is 4. The van der Waals surface area contributed by atoms with Crippen LogP contribution in [0.25, 0.3) is 11.4 Å². The predicted molar refractivity (Wildman–Crippen MR) is 133 cm³/mol. The van der Waals surface area contributed by atoms with E-state index in [-0.39, 0.29) is 17.2 Å². The summed E-state index contributed by atoms with van der Waals surface area (Å²) in [5.74, 6) is 0.277. The van der Waals surface area contributed by atoms with Gasteiger partial charge in [0.1, 0.15) is 0 Å². The number of rotatable bonds is 7. The van der Waals surface area contributed by atoms with Crippen molar-refractivity contribution in [3.63, 3.8) is 0 Å². The number of carbonyl (C=O) groups excluding carboxylic acids is 2. The van der Waals surface area contributed by atoms with E-state index in [1.54, 1.807) is 25.1 Å². The van der Waals surface area contributed by atoms with Crippen LogP contribution in [-0.2, 0) is 0 Å². The molecular formula is C20H23B3N8O4. The Morgan fingerprint density at radius 2 is 1.83 bits per heavy atom. The van der Waals surface area contributed by atoms with Crippen molar-refractivity contribution in [1.29, 1.82) is 0 Å². The van der Waals surface area contributed by atoms with Gasteiger partial charge in [0.25, 0.3) is 5.91 Å². The number of hydrogen-bond acceptors (Lipinski definition) is 9. The topological polar surface area (TPSA) is 156 Å². The first-order valence-corrected chi connectivity index (χ1v) is 10.4. The zero-order valence-corrected chi connectivity index (χ0v) is 20.0. The van der Waals surface area contributed by atoms with Gasteiger partial charge in [0.2, 0.25) is 11.7 Å². The van der Waals surface area contributed by atoms with Crippen LogP contribution in [0.3, 0.4) is 0 Å². The minimum absolute atomic E-state index is 0.0526. The van der Waals surface area contributed by atoms with Crippen LogP contribution >= 0.6 is 0 Å². The monoisotopic (exact) mass is 472 g/mol. The van der Waals surface area contributed by atoms with Gasteiger partial charge in [-0.2, -0.15) is 4.98 Å². The van der Waals surface area contributed by atoms with Crippen molar-refractivity contribution in [3.8, 4) is 17.1 Å². The van der Waals surface area contributed by atoms with Crippen molar-refractivity contribution in [2.45, 2.75) is 26.0 Å². The standard InChI is InChI=1S/C18H17B3N8O4.C2H6/c1-8-23-15(29-33-8)9-5-4-6-10(14(9)32-3)24-11-7-12(25-17(31)22-2)27-28-13(11)16(30)26-18(19,20)21;1-2/h4-7H,1-3H3,(H,26,30)(H3,22,24,25,27,31);1-2H3. The molecule has 0 aliphatic rings. The number of benzene rings is 1. The molecule has 0 atom stereocenters. The van der Waals surface area contributed by atoms with Gasteiger partial charge in [0, 0.05) is 20.0 Å². The van der Waals surface area contributed by atoms with Gasteiger partial charge in [-0.25, -0.2) is 4.79 Å². The van der Waals surface area contributed by atoms with Crippen LogP contribution < -0.4 is 26.0 Å². The van der Waals surface area contributed by atoms with Gasteiger partial charge >= 0.3 is 6.03 Å². The second-order valence-electron chi connectivity index (χ2n) is 6.73. The molecule has 15 heteroatoms. The van der Waals surface area contributed by atoms with E-state index in [2.05, 4.69) is 41.6 Å². The van der Waals surface area contributed by atoms with E-state index in [9.17, 15) is 9.59 Å². The zero-order valence-electron chi connectivity index (χ0n) is 20.0. The summed E-state index contributed by atoms with van der Waals surface area (Å²) in [6, 6.07) is 5.98. The van der Waals surface area contributed by atoms with Gasteiger partial charge in [-0.15, -0.1) is 10.2 Å². The normalized spacial score (nSPS) is 10.4. The minimum Gasteiger partial charge on any atom is -0.494 e. The van der Waals surface area contributed by atoms with Crippen molar-refractivity contribution in [2.24, 2.45) is 0 Å². The van der Waals surface area contributed by atoms with Crippen LogP contribution in [0, 0.1) is 6.92 Å². The number of nitrogens with zero attached hydrogens (tertiary/aromatic N) is 4. The van der Waals surface area contributed by atoms with E-state index in [4.69, 9.17) is 32.8 Å². The number of para-hydroxylation sites is 1. The summed E-state index contributed by atoms with van der Waals surface area (Å²) in [6.07, 6.45) is 0. The molecule has 0 aliphatic heterocycles. The van der Waals surface area contributed by atoms with Crippen molar-refractivity contribution in [2.75, 3.05) is 24.8 Å². The Labute approximate surface area is 206 Å². The van der Waals surface area contributed by atoms with Crippen molar-refractivity contribution in [3.05, 3.63) is 35.9 Å². The number of ether oxygens (including phenoxy) is 1. The smallest absolute Gasteiger partial charge is 0.320 e. The van der Waals surface area contributed by atoms with Crippen LogP contribution in [0.5, 0.6) is 5.75 Å². The maximum absolute atomic E-state index is 12.6. The number of aromatic nitrogens is 4. The van der Waals surface area contributed by atoms with E-state index >= 15 is 0 Å². The SMILES string of the molecule is CC.[B]C([B])([B])NC(=O)c1nnc(NC(=O)NC)cc1Nc1cccc(-c2noc(C)n2)c1OC. The first kappa shape index (κ1) is 27.2. The van der Waals surface area contributed by atoms with Gasteiger partial charge < -0.3 is 25.2 Å². The summed E-state index contributed by atoms with van der Waals surface area (Å²) in [4.78, 5) is 28.5. The molecule has 3 amide bonds. The number of methoxy groups -OCH3 is 1. The molecule has 0 spiro atoms. The van der Waals surface area contributed by atoms with Gasteiger partial charge in [0.15, 0.2) is 17.3 Å². The third-order valence-electron chi connectivity index (χ3n) is 4.06. The lowest BCUT2D eigenvalue weighted by Gasteiger charge is -2.23. The highest BCUT2D eigenvalue weighted by atomic mass is 16.5. The molecule has 0 bridgehead atoms. The lowest BCUT2D eigenvalue weighted by Crippen LogP contribution is -2.50. The fraction of sp³-hybridized carbons (Fsp3) is 0.300. The summed E-state index contributed by atoms with van der Waals surface area (Å²) in [7, 11) is 19.3. The highest BCUT2D eigenvalue weighted by molar-refractivity contribution is 6.60. The Bertz CT molecular complexity index is 1180. The molecule has 0 saturated heterocycles. The first-order valence-electron chi connectivity index (χ1n) is 10.4. The van der Waals surface area contributed by atoms with Gasteiger partial charge in [-0.05, 0) is 12.1 Å². The van der Waals surface area contributed by atoms with Crippen LogP contribution in [0.15, 0.2) is 28.8 Å². The zero-order chi connectivity index (χ0) is 26.2. The molecule has 35 heavy (non-hydrogen) atoms. The summed E-state index contributed by atoms with van der Waals surface area (Å²) < 4.78 is 10.6. The van der Waals surface area contributed by atoms with Crippen molar-refractivity contribution >= 4 is 52.7 Å². The highest BCUT2D eigenvalue weighted by Gasteiger charge is 2.22. The third kappa shape index (κ3) is 7.23. The van der Waals surface area contributed by atoms with Crippen LogP contribution in [0.1, 0.15) is 30.2 Å². The summed E-state index contributed by atoms with van der Waals surface area (Å²) in [6.45, 7) is 5.66. The first-order chi connectivity index (χ1) is 16.6. The Balaban J connectivity index is 0.00000210. The van der Waals surface area contributed by atoms with Crippen LogP contribution in [-0.4, -0.2) is 75.2 Å². The molecule has 0 fully saturated rings. The second kappa shape index (κ2) is 11.9. The molecule has 3 rings (SSSR count). The highest BCUT2D eigenvalue weighted by Crippen LogP contribution is 2.37. The van der Waals surface area contributed by atoms with E-state index in [0.29, 0.717) is 28.7 Å².